The molecule has 0 bridgehead atoms. The van der Waals surface area contributed by atoms with Crippen LogP contribution in [0.25, 0.3) is 0 Å². The molecule has 18 heavy (non-hydrogen) atoms. The van der Waals surface area contributed by atoms with Gasteiger partial charge in [-0.2, -0.15) is 4.98 Å². The Bertz CT molecular complexity index is 523. The molecule has 1 amide bonds. The zero-order valence-electron chi connectivity index (χ0n) is 10.6. The fourth-order valence-electron chi connectivity index (χ4n) is 2.07. The van der Waals surface area contributed by atoms with Gasteiger partial charge in [0.25, 0.3) is 0 Å². The lowest BCUT2D eigenvalue weighted by molar-refractivity contribution is -0.123. The monoisotopic (exact) mass is 250 g/mol. The van der Waals surface area contributed by atoms with E-state index in [4.69, 9.17) is 5.73 Å². The van der Waals surface area contributed by atoms with Crippen LogP contribution in [-0.2, 0) is 11.3 Å². The van der Waals surface area contributed by atoms with Crippen molar-refractivity contribution in [3.63, 3.8) is 0 Å². The SMILES string of the molecule is Cc1cc(C)n(CC(=O)N[C@H]2CC[C@H]2N)c(=O)n1. The quantitative estimate of drug-likeness (QED) is 0.754. The number of aromatic nitrogens is 2. The molecule has 1 aliphatic carbocycles. The third-order valence-electron chi connectivity index (χ3n) is 3.32. The molecule has 3 N–H and O–H groups in total. The van der Waals surface area contributed by atoms with Gasteiger partial charge in [-0.25, -0.2) is 4.79 Å². The maximum absolute atomic E-state index is 11.8. The van der Waals surface area contributed by atoms with Crippen LogP contribution >= 0.6 is 0 Å². The molecular formula is C12H18N4O2. The summed E-state index contributed by atoms with van der Waals surface area (Å²) in [7, 11) is 0. The molecule has 1 aromatic rings. The number of nitrogens with zero attached hydrogens (tertiary/aromatic N) is 2. The molecule has 0 spiro atoms. The number of carbonyl (C=O) groups is 1. The van der Waals surface area contributed by atoms with E-state index < -0.39 is 0 Å². The molecule has 0 unspecified atom stereocenters. The Morgan fingerprint density at radius 3 is 2.78 bits per heavy atom. The van der Waals surface area contributed by atoms with Gasteiger partial charge in [0.2, 0.25) is 5.91 Å². The highest BCUT2D eigenvalue weighted by Gasteiger charge is 2.28. The Balaban J connectivity index is 2.05. The summed E-state index contributed by atoms with van der Waals surface area (Å²) in [6, 6.07) is 1.87. The van der Waals surface area contributed by atoms with Crippen molar-refractivity contribution >= 4 is 5.91 Å². The number of aryl methyl sites for hydroxylation is 2. The standard InChI is InChI=1S/C12H18N4O2/c1-7-5-8(2)16(12(18)14-7)6-11(17)15-10-4-3-9(10)13/h5,9-10H,3-4,6,13H2,1-2H3,(H,15,17)/t9-,10+/m1/s1. The van der Waals surface area contributed by atoms with Crippen LogP contribution in [0.1, 0.15) is 24.2 Å². The van der Waals surface area contributed by atoms with E-state index in [1.807, 2.05) is 0 Å². The molecule has 1 fully saturated rings. The van der Waals surface area contributed by atoms with Gasteiger partial charge in [0.05, 0.1) is 0 Å². The summed E-state index contributed by atoms with van der Waals surface area (Å²) in [4.78, 5) is 27.3. The highest BCUT2D eigenvalue weighted by Crippen LogP contribution is 2.17. The lowest BCUT2D eigenvalue weighted by atomic mass is 9.87. The van der Waals surface area contributed by atoms with Gasteiger partial charge in [0.1, 0.15) is 6.54 Å². The maximum atomic E-state index is 11.8. The lowest BCUT2D eigenvalue weighted by Crippen LogP contribution is -2.55. The smallest absolute Gasteiger partial charge is 0.348 e. The van der Waals surface area contributed by atoms with Gasteiger partial charge in [-0.15, -0.1) is 0 Å². The molecule has 1 heterocycles. The number of carbonyl (C=O) groups excluding carboxylic acids is 1. The van der Waals surface area contributed by atoms with E-state index in [0.29, 0.717) is 5.69 Å². The molecular weight excluding hydrogens is 232 g/mol. The zero-order valence-corrected chi connectivity index (χ0v) is 10.6. The molecule has 0 aromatic carbocycles. The van der Waals surface area contributed by atoms with Crippen LogP contribution in [0.15, 0.2) is 10.9 Å². The fourth-order valence-corrected chi connectivity index (χ4v) is 2.07. The highest BCUT2D eigenvalue weighted by molar-refractivity contribution is 5.76. The molecule has 2 rings (SSSR count). The van der Waals surface area contributed by atoms with E-state index in [1.54, 1.807) is 19.9 Å². The summed E-state index contributed by atoms with van der Waals surface area (Å²) in [5.41, 5.74) is 6.76. The molecule has 1 aromatic heterocycles. The summed E-state index contributed by atoms with van der Waals surface area (Å²) < 4.78 is 1.37. The van der Waals surface area contributed by atoms with Gasteiger partial charge in [0.15, 0.2) is 0 Å². The van der Waals surface area contributed by atoms with Crippen molar-refractivity contribution in [2.24, 2.45) is 5.73 Å². The van der Waals surface area contributed by atoms with E-state index in [9.17, 15) is 9.59 Å². The van der Waals surface area contributed by atoms with Crippen molar-refractivity contribution in [3.8, 4) is 0 Å². The Labute approximate surface area is 105 Å². The van der Waals surface area contributed by atoms with Crippen LogP contribution in [0.3, 0.4) is 0 Å². The molecule has 0 aliphatic heterocycles. The van der Waals surface area contributed by atoms with Crippen LogP contribution in [0.4, 0.5) is 0 Å². The molecule has 1 saturated carbocycles. The normalized spacial score (nSPS) is 22.4. The summed E-state index contributed by atoms with van der Waals surface area (Å²) >= 11 is 0. The third-order valence-corrected chi connectivity index (χ3v) is 3.32. The zero-order chi connectivity index (χ0) is 13.3. The first kappa shape index (κ1) is 12.8. The molecule has 0 radical (unpaired) electrons. The van der Waals surface area contributed by atoms with Gasteiger partial charge >= 0.3 is 5.69 Å². The second-order valence-electron chi connectivity index (χ2n) is 4.82. The predicted octanol–water partition coefficient (Wildman–Crippen LogP) is -0.534. The van der Waals surface area contributed by atoms with E-state index >= 15 is 0 Å². The minimum absolute atomic E-state index is 0.00116. The van der Waals surface area contributed by atoms with Crippen molar-refractivity contribution in [3.05, 3.63) is 27.9 Å². The van der Waals surface area contributed by atoms with Crippen LogP contribution in [0.5, 0.6) is 0 Å². The Hall–Kier alpha value is -1.69. The number of nitrogens with two attached hydrogens (primary N) is 1. The Morgan fingerprint density at radius 2 is 2.28 bits per heavy atom. The van der Waals surface area contributed by atoms with Gasteiger partial charge in [-0.05, 0) is 32.8 Å². The number of rotatable bonds is 3. The average Bonchev–Trinajstić information content (AvgIpc) is 2.29. The number of nitrogens with one attached hydrogen (secondary N) is 1. The number of amides is 1. The van der Waals surface area contributed by atoms with Crippen molar-refractivity contribution in [1.82, 2.24) is 14.9 Å². The largest absolute Gasteiger partial charge is 0.350 e. The van der Waals surface area contributed by atoms with E-state index in [0.717, 1.165) is 18.5 Å². The van der Waals surface area contributed by atoms with Crippen LogP contribution in [0, 0.1) is 13.8 Å². The molecule has 1 aliphatic rings. The Kier molecular flexibility index (Phi) is 3.47. The first-order valence-corrected chi connectivity index (χ1v) is 6.07. The van der Waals surface area contributed by atoms with Gasteiger partial charge in [0, 0.05) is 23.5 Å². The summed E-state index contributed by atoms with van der Waals surface area (Å²) in [6.45, 7) is 3.55. The Morgan fingerprint density at radius 1 is 1.56 bits per heavy atom. The van der Waals surface area contributed by atoms with Crippen LogP contribution in [-0.4, -0.2) is 27.5 Å². The van der Waals surface area contributed by atoms with Crippen molar-refractivity contribution in [2.75, 3.05) is 0 Å². The van der Waals surface area contributed by atoms with Crippen molar-refractivity contribution in [1.29, 1.82) is 0 Å². The second kappa shape index (κ2) is 4.89. The van der Waals surface area contributed by atoms with Crippen LogP contribution in [0.2, 0.25) is 0 Å². The fraction of sp³-hybridized carbons (Fsp3) is 0.583. The highest BCUT2D eigenvalue weighted by atomic mass is 16.2. The summed E-state index contributed by atoms with van der Waals surface area (Å²) in [6.07, 6.45) is 1.85. The third kappa shape index (κ3) is 2.59. The maximum Gasteiger partial charge on any atom is 0.348 e. The van der Waals surface area contributed by atoms with E-state index in [2.05, 4.69) is 10.3 Å². The molecule has 2 atom stereocenters. The number of hydrogen-bond donors (Lipinski definition) is 2. The first-order chi connectivity index (χ1) is 8.47. The van der Waals surface area contributed by atoms with Gasteiger partial charge < -0.3 is 11.1 Å². The molecule has 6 nitrogen and oxygen atoms in total. The average molecular weight is 250 g/mol. The second-order valence-corrected chi connectivity index (χ2v) is 4.82. The lowest BCUT2D eigenvalue weighted by Gasteiger charge is -2.34. The molecule has 98 valence electrons. The van der Waals surface area contributed by atoms with Gasteiger partial charge in [-0.1, -0.05) is 0 Å². The van der Waals surface area contributed by atoms with Crippen molar-refractivity contribution < 1.29 is 4.79 Å². The van der Waals surface area contributed by atoms with Crippen molar-refractivity contribution in [2.45, 2.75) is 45.3 Å². The van der Waals surface area contributed by atoms with E-state index in [1.165, 1.54) is 4.57 Å². The van der Waals surface area contributed by atoms with Crippen LogP contribution < -0.4 is 16.7 Å². The summed E-state index contributed by atoms with van der Waals surface area (Å²) in [5, 5.41) is 2.83. The molecule has 0 saturated heterocycles. The first-order valence-electron chi connectivity index (χ1n) is 6.07. The predicted molar refractivity (Wildman–Crippen MR) is 67.1 cm³/mol. The number of hydrogen-bond acceptors (Lipinski definition) is 4. The van der Waals surface area contributed by atoms with E-state index in [-0.39, 0.29) is 30.2 Å². The van der Waals surface area contributed by atoms with Gasteiger partial charge in [-0.3, -0.25) is 9.36 Å². The topological polar surface area (TPSA) is 90.0 Å². The minimum atomic E-state index is -0.388. The molecule has 6 heteroatoms. The summed E-state index contributed by atoms with van der Waals surface area (Å²) in [5.74, 6) is -0.189. The minimum Gasteiger partial charge on any atom is -0.350 e.